The topological polar surface area (TPSA) is 32.5 Å². The van der Waals surface area contributed by atoms with Gasteiger partial charge in [-0.2, -0.15) is 0 Å². The van der Waals surface area contributed by atoms with Crippen LogP contribution in [-0.4, -0.2) is 37.6 Å². The molecular formula is C20H33N3. The number of hydrogen-bond acceptors (Lipinski definition) is 3. The second-order valence-electron chi connectivity index (χ2n) is 7.30. The molecule has 2 heterocycles. The summed E-state index contributed by atoms with van der Waals surface area (Å²) in [6, 6.07) is 6.76. The van der Waals surface area contributed by atoms with E-state index in [1.165, 1.54) is 95.3 Å². The third kappa shape index (κ3) is 4.87. The summed E-state index contributed by atoms with van der Waals surface area (Å²) >= 11 is 0. The molecule has 3 heteroatoms. The standard InChI is InChI=1S/C20H33N3/c21-19-17-18(9-8-14-22-12-4-1-2-5-13-22)10-11-20(19)23-15-6-3-7-16-23/h10-11,17H,1-9,12-16,21H2. The van der Waals surface area contributed by atoms with Gasteiger partial charge in [0.2, 0.25) is 0 Å². The molecule has 128 valence electrons. The summed E-state index contributed by atoms with van der Waals surface area (Å²) in [5.74, 6) is 0. The fraction of sp³-hybridized carbons (Fsp3) is 0.700. The number of benzene rings is 1. The normalized spacial score (nSPS) is 20.4. The molecule has 0 aliphatic carbocycles. The highest BCUT2D eigenvalue weighted by Crippen LogP contribution is 2.27. The molecule has 2 aliphatic rings. The molecule has 3 nitrogen and oxygen atoms in total. The van der Waals surface area contributed by atoms with Crippen molar-refractivity contribution in [3.8, 4) is 0 Å². The van der Waals surface area contributed by atoms with Gasteiger partial charge in [-0.3, -0.25) is 0 Å². The largest absolute Gasteiger partial charge is 0.397 e. The number of piperidine rings is 1. The van der Waals surface area contributed by atoms with Crippen molar-refractivity contribution in [2.75, 3.05) is 43.4 Å². The summed E-state index contributed by atoms with van der Waals surface area (Å²) in [7, 11) is 0. The summed E-state index contributed by atoms with van der Waals surface area (Å²) < 4.78 is 0. The lowest BCUT2D eigenvalue weighted by Gasteiger charge is -2.30. The number of hydrogen-bond donors (Lipinski definition) is 1. The predicted octanol–water partition coefficient (Wildman–Crippen LogP) is 4.07. The minimum atomic E-state index is 0.971. The summed E-state index contributed by atoms with van der Waals surface area (Å²) in [5, 5.41) is 0. The van der Waals surface area contributed by atoms with Crippen LogP contribution < -0.4 is 10.6 Å². The van der Waals surface area contributed by atoms with E-state index in [4.69, 9.17) is 5.73 Å². The Bertz CT molecular complexity index is 472. The van der Waals surface area contributed by atoms with Crippen molar-refractivity contribution >= 4 is 11.4 Å². The quantitative estimate of drug-likeness (QED) is 0.831. The Balaban J connectivity index is 1.49. The van der Waals surface area contributed by atoms with Gasteiger partial charge in [0.15, 0.2) is 0 Å². The number of likely N-dealkylation sites (tertiary alicyclic amines) is 1. The first-order chi connectivity index (χ1) is 11.3. The fourth-order valence-corrected chi connectivity index (χ4v) is 4.05. The second-order valence-corrected chi connectivity index (χ2v) is 7.30. The maximum Gasteiger partial charge on any atom is 0.0600 e. The molecule has 0 unspecified atom stereocenters. The van der Waals surface area contributed by atoms with Gasteiger partial charge in [-0.1, -0.05) is 18.9 Å². The van der Waals surface area contributed by atoms with Gasteiger partial charge in [0, 0.05) is 13.1 Å². The molecule has 0 bridgehead atoms. The molecule has 2 fully saturated rings. The lowest BCUT2D eigenvalue weighted by Crippen LogP contribution is -2.30. The third-order valence-electron chi connectivity index (χ3n) is 5.43. The molecule has 2 aliphatic heterocycles. The van der Waals surface area contributed by atoms with Gasteiger partial charge in [0.25, 0.3) is 0 Å². The van der Waals surface area contributed by atoms with E-state index >= 15 is 0 Å². The van der Waals surface area contributed by atoms with Gasteiger partial charge in [0.05, 0.1) is 11.4 Å². The number of anilines is 2. The van der Waals surface area contributed by atoms with Crippen LogP contribution in [-0.2, 0) is 6.42 Å². The van der Waals surface area contributed by atoms with E-state index in [1.807, 2.05) is 0 Å². The van der Waals surface area contributed by atoms with Gasteiger partial charge >= 0.3 is 0 Å². The van der Waals surface area contributed by atoms with Gasteiger partial charge in [0.1, 0.15) is 0 Å². The van der Waals surface area contributed by atoms with E-state index < -0.39 is 0 Å². The smallest absolute Gasteiger partial charge is 0.0600 e. The number of nitrogens with zero attached hydrogens (tertiary/aromatic N) is 2. The van der Waals surface area contributed by atoms with Crippen LogP contribution in [0.4, 0.5) is 11.4 Å². The maximum atomic E-state index is 6.34. The SMILES string of the molecule is Nc1cc(CCCN2CCCCCC2)ccc1N1CCCCC1. The zero-order chi connectivity index (χ0) is 15.9. The first kappa shape index (κ1) is 16.6. The van der Waals surface area contributed by atoms with Crippen LogP contribution in [0.25, 0.3) is 0 Å². The average molecular weight is 316 g/mol. The van der Waals surface area contributed by atoms with Crippen LogP contribution in [0, 0.1) is 0 Å². The minimum absolute atomic E-state index is 0.971. The Labute approximate surface area is 141 Å². The van der Waals surface area contributed by atoms with Crippen molar-refractivity contribution in [2.24, 2.45) is 0 Å². The summed E-state index contributed by atoms with van der Waals surface area (Å²) in [5.41, 5.74) is 9.96. The molecule has 2 N–H and O–H groups in total. The molecule has 0 atom stereocenters. The number of rotatable bonds is 5. The summed E-state index contributed by atoms with van der Waals surface area (Å²) in [6.07, 6.45) is 12.0. The van der Waals surface area contributed by atoms with E-state index in [1.54, 1.807) is 0 Å². The zero-order valence-corrected chi connectivity index (χ0v) is 14.6. The van der Waals surface area contributed by atoms with Crippen LogP contribution in [0.2, 0.25) is 0 Å². The van der Waals surface area contributed by atoms with Crippen LogP contribution in [0.1, 0.15) is 56.9 Å². The van der Waals surface area contributed by atoms with Crippen molar-refractivity contribution in [1.29, 1.82) is 0 Å². The molecule has 23 heavy (non-hydrogen) atoms. The Morgan fingerprint density at radius 3 is 2.17 bits per heavy atom. The van der Waals surface area contributed by atoms with E-state index in [0.29, 0.717) is 0 Å². The Hall–Kier alpha value is -1.22. The lowest BCUT2D eigenvalue weighted by atomic mass is 10.1. The molecule has 0 saturated carbocycles. The lowest BCUT2D eigenvalue weighted by molar-refractivity contribution is 0.281. The summed E-state index contributed by atoms with van der Waals surface area (Å²) in [6.45, 7) is 6.18. The zero-order valence-electron chi connectivity index (χ0n) is 14.6. The molecule has 1 aromatic carbocycles. The van der Waals surface area contributed by atoms with Crippen molar-refractivity contribution in [2.45, 2.75) is 57.8 Å². The van der Waals surface area contributed by atoms with Gasteiger partial charge in [-0.25, -0.2) is 0 Å². The fourth-order valence-electron chi connectivity index (χ4n) is 4.05. The van der Waals surface area contributed by atoms with Crippen LogP contribution in [0.5, 0.6) is 0 Å². The molecule has 0 amide bonds. The summed E-state index contributed by atoms with van der Waals surface area (Å²) in [4.78, 5) is 5.11. The molecule has 3 rings (SSSR count). The van der Waals surface area contributed by atoms with Crippen LogP contribution >= 0.6 is 0 Å². The van der Waals surface area contributed by atoms with Gasteiger partial charge < -0.3 is 15.5 Å². The van der Waals surface area contributed by atoms with Crippen LogP contribution in [0.3, 0.4) is 0 Å². The van der Waals surface area contributed by atoms with Gasteiger partial charge in [-0.05, 0) is 82.3 Å². The first-order valence-electron chi connectivity index (χ1n) is 9.69. The highest BCUT2D eigenvalue weighted by molar-refractivity contribution is 5.68. The second kappa shape index (κ2) is 8.58. The Kier molecular flexibility index (Phi) is 6.21. The number of aryl methyl sites for hydroxylation is 1. The Morgan fingerprint density at radius 2 is 1.48 bits per heavy atom. The molecular weight excluding hydrogens is 282 g/mol. The first-order valence-corrected chi connectivity index (χ1v) is 9.69. The van der Waals surface area contributed by atoms with Crippen LogP contribution in [0.15, 0.2) is 18.2 Å². The van der Waals surface area contributed by atoms with E-state index in [9.17, 15) is 0 Å². The Morgan fingerprint density at radius 1 is 0.826 bits per heavy atom. The van der Waals surface area contributed by atoms with E-state index in [0.717, 1.165) is 12.1 Å². The van der Waals surface area contributed by atoms with Crippen molar-refractivity contribution in [1.82, 2.24) is 4.90 Å². The molecule has 2 saturated heterocycles. The maximum absolute atomic E-state index is 6.34. The molecule has 0 aromatic heterocycles. The molecule has 1 aromatic rings. The van der Waals surface area contributed by atoms with E-state index in [-0.39, 0.29) is 0 Å². The highest BCUT2D eigenvalue weighted by Gasteiger charge is 2.14. The average Bonchev–Trinajstić information content (AvgIpc) is 2.85. The third-order valence-corrected chi connectivity index (χ3v) is 5.43. The number of nitrogens with two attached hydrogens (primary N) is 1. The highest BCUT2D eigenvalue weighted by atomic mass is 15.1. The van der Waals surface area contributed by atoms with E-state index in [2.05, 4.69) is 28.0 Å². The predicted molar refractivity (Wildman–Crippen MR) is 100 cm³/mol. The van der Waals surface area contributed by atoms with Crippen molar-refractivity contribution < 1.29 is 0 Å². The molecule has 0 radical (unpaired) electrons. The van der Waals surface area contributed by atoms with Crippen molar-refractivity contribution in [3.05, 3.63) is 23.8 Å². The monoisotopic (exact) mass is 315 g/mol. The van der Waals surface area contributed by atoms with Gasteiger partial charge in [-0.15, -0.1) is 0 Å². The van der Waals surface area contributed by atoms with Crippen molar-refractivity contribution in [3.63, 3.8) is 0 Å². The number of nitrogen functional groups attached to an aromatic ring is 1. The minimum Gasteiger partial charge on any atom is -0.397 e. The molecule has 0 spiro atoms.